The fraction of sp³-hybridized carbons (Fsp3) is 0. The predicted molar refractivity (Wildman–Crippen MR) is 52.0 cm³/mol. The van der Waals surface area contributed by atoms with E-state index >= 15 is 0 Å². The van der Waals surface area contributed by atoms with Crippen LogP contribution in [-0.2, 0) is 0 Å². The third-order valence-corrected chi connectivity index (χ3v) is 1.83. The molecule has 0 aliphatic heterocycles. The summed E-state index contributed by atoms with van der Waals surface area (Å²) in [6.45, 7) is 0. The quantitative estimate of drug-likeness (QED) is 0.222. The smallest absolute Gasteiger partial charge is 0.423 e. The molecule has 0 aromatic heterocycles. The highest BCUT2D eigenvalue weighted by molar-refractivity contribution is 6.77. The molecule has 0 saturated carbocycles. The number of rotatable bonds is 2. The molecule has 0 aromatic rings. The van der Waals surface area contributed by atoms with E-state index in [1.165, 1.54) is 12.2 Å². The van der Waals surface area contributed by atoms with Crippen LogP contribution in [0.25, 0.3) is 0 Å². The lowest BCUT2D eigenvalue weighted by Gasteiger charge is -2.15. The van der Waals surface area contributed by atoms with E-state index in [9.17, 15) is 0 Å². The topological polar surface area (TPSA) is 129 Å². The molecule has 0 bridgehead atoms. The molecule has 0 fully saturated rings. The van der Waals surface area contributed by atoms with Crippen LogP contribution in [0.3, 0.4) is 0 Å². The maximum absolute atomic E-state index is 8.79. The van der Waals surface area contributed by atoms with Gasteiger partial charge in [0.1, 0.15) is 0 Å². The first-order valence-corrected chi connectivity index (χ1v) is 3.77. The summed E-state index contributed by atoms with van der Waals surface area (Å²) >= 11 is 0. The minimum atomic E-state index is -1.84. The van der Waals surface area contributed by atoms with Crippen molar-refractivity contribution in [3.8, 4) is 0 Å². The van der Waals surface area contributed by atoms with Gasteiger partial charge in [-0.15, -0.1) is 0 Å². The Hall–Kier alpha value is -1.21. The van der Waals surface area contributed by atoms with Gasteiger partial charge in [0.15, 0.2) is 0 Å². The van der Waals surface area contributed by atoms with E-state index in [1.807, 2.05) is 0 Å². The number of allylic oxidation sites excluding steroid dienone is 4. The van der Waals surface area contributed by atoms with Crippen LogP contribution in [0.1, 0.15) is 0 Å². The molecule has 1 rings (SSSR count). The van der Waals surface area contributed by atoms with Gasteiger partial charge in [-0.2, -0.15) is 0 Å². The van der Waals surface area contributed by atoms with Gasteiger partial charge in [-0.1, -0.05) is 12.2 Å². The lowest BCUT2D eigenvalue weighted by Crippen LogP contribution is -2.34. The van der Waals surface area contributed by atoms with Gasteiger partial charge >= 0.3 is 14.2 Å². The fourth-order valence-corrected chi connectivity index (χ4v) is 1.07. The summed E-state index contributed by atoms with van der Waals surface area (Å²) in [5.41, 5.74) is -1.13. The van der Waals surface area contributed by atoms with E-state index in [1.54, 1.807) is 0 Å². The second-order valence-corrected chi connectivity index (χ2v) is 2.74. The van der Waals surface area contributed by atoms with Crippen LogP contribution in [0, 0.1) is 10.8 Å². The average molecular weight is 194 g/mol. The maximum atomic E-state index is 8.79. The van der Waals surface area contributed by atoms with E-state index in [0.29, 0.717) is 0 Å². The molecule has 8 heteroatoms. The normalized spacial score (nSPS) is 16.3. The Kier molecular flexibility index (Phi) is 3.02. The van der Waals surface area contributed by atoms with Gasteiger partial charge in [0, 0.05) is 10.9 Å². The molecule has 72 valence electrons. The molecule has 1 aliphatic carbocycles. The molecule has 6 nitrogen and oxygen atoms in total. The molecule has 0 radical (unpaired) electrons. The van der Waals surface area contributed by atoms with Crippen LogP contribution in [0.4, 0.5) is 0 Å². The monoisotopic (exact) mass is 194 g/mol. The summed E-state index contributed by atoms with van der Waals surface area (Å²) in [6, 6.07) is 0. The summed E-state index contributed by atoms with van der Waals surface area (Å²) in [4.78, 5) is 0. The lowest BCUT2D eigenvalue weighted by molar-refractivity contribution is 0.419. The van der Waals surface area contributed by atoms with Crippen molar-refractivity contribution in [2.75, 3.05) is 0 Å². The Bertz CT molecular complexity index is 314. The number of hydrogen-bond acceptors (Lipinski definition) is 6. The molecule has 0 unspecified atom stereocenters. The first-order valence-electron chi connectivity index (χ1n) is 3.77. The maximum Gasteiger partial charge on any atom is 0.490 e. The highest BCUT2D eigenvalue weighted by Crippen LogP contribution is 2.13. The first-order chi connectivity index (χ1) is 6.45. The van der Waals surface area contributed by atoms with E-state index in [0.717, 1.165) is 0 Å². The van der Waals surface area contributed by atoms with Gasteiger partial charge in [0.25, 0.3) is 0 Å². The van der Waals surface area contributed by atoms with Crippen LogP contribution in [-0.4, -0.2) is 45.8 Å². The lowest BCUT2D eigenvalue weighted by atomic mass is 9.65. The van der Waals surface area contributed by atoms with Gasteiger partial charge < -0.3 is 20.1 Å². The van der Waals surface area contributed by atoms with Crippen molar-refractivity contribution in [1.29, 1.82) is 10.8 Å². The highest BCUT2D eigenvalue weighted by Gasteiger charge is 2.30. The third-order valence-electron chi connectivity index (χ3n) is 1.83. The van der Waals surface area contributed by atoms with Crippen molar-refractivity contribution in [1.82, 2.24) is 0 Å². The molecular weight excluding hydrogens is 186 g/mol. The van der Waals surface area contributed by atoms with Crippen molar-refractivity contribution in [3.63, 3.8) is 0 Å². The second kappa shape index (κ2) is 3.89. The van der Waals surface area contributed by atoms with Gasteiger partial charge in [-0.3, -0.25) is 10.8 Å². The van der Waals surface area contributed by atoms with Gasteiger partial charge in [-0.25, -0.2) is 0 Å². The fourth-order valence-electron chi connectivity index (χ4n) is 1.07. The Morgan fingerprint density at radius 2 is 1.07 bits per heavy atom. The van der Waals surface area contributed by atoms with Gasteiger partial charge in [0.05, 0.1) is 11.4 Å². The molecule has 1 aliphatic rings. The molecule has 0 aromatic carbocycles. The summed E-state index contributed by atoms with van der Waals surface area (Å²) in [5.74, 6) is 0. The van der Waals surface area contributed by atoms with E-state index in [2.05, 4.69) is 0 Å². The standard InChI is InChI=1S/C6H8B2N2O4/c9-5-3(7(11)12)1-2-4(6(5)10)8(13)14/h1-2,9-14H. The Labute approximate surface area is 80.5 Å². The molecule has 0 spiro atoms. The van der Waals surface area contributed by atoms with Gasteiger partial charge in [-0.05, 0) is 0 Å². The van der Waals surface area contributed by atoms with E-state index < -0.39 is 25.7 Å². The molecule has 0 saturated heterocycles. The Balaban J connectivity index is 3.09. The zero-order valence-electron chi connectivity index (χ0n) is 7.10. The zero-order valence-corrected chi connectivity index (χ0v) is 7.10. The molecular formula is C6H8B2N2O4. The van der Waals surface area contributed by atoms with Crippen molar-refractivity contribution in [2.24, 2.45) is 0 Å². The minimum Gasteiger partial charge on any atom is -0.423 e. The van der Waals surface area contributed by atoms with Crippen molar-refractivity contribution < 1.29 is 20.1 Å². The van der Waals surface area contributed by atoms with Crippen LogP contribution in [0.15, 0.2) is 23.1 Å². The van der Waals surface area contributed by atoms with Crippen LogP contribution in [0.5, 0.6) is 0 Å². The summed E-state index contributed by atoms with van der Waals surface area (Å²) in [6.07, 6.45) is 2.33. The predicted octanol–water partition coefficient (Wildman–Crippen LogP) is -2.08. The van der Waals surface area contributed by atoms with Crippen molar-refractivity contribution in [3.05, 3.63) is 23.1 Å². The first kappa shape index (κ1) is 10.9. The molecule has 0 heterocycles. The third kappa shape index (κ3) is 1.83. The molecule has 0 atom stereocenters. The summed E-state index contributed by atoms with van der Waals surface area (Å²) < 4.78 is 0. The largest absolute Gasteiger partial charge is 0.490 e. The van der Waals surface area contributed by atoms with Crippen LogP contribution >= 0.6 is 0 Å². The Morgan fingerprint density at radius 1 is 0.786 bits per heavy atom. The zero-order chi connectivity index (χ0) is 10.9. The van der Waals surface area contributed by atoms with Crippen LogP contribution in [0.2, 0.25) is 0 Å². The average Bonchev–Trinajstić information content (AvgIpc) is 2.08. The second-order valence-electron chi connectivity index (χ2n) is 2.74. The summed E-state index contributed by atoms with van der Waals surface area (Å²) in [7, 11) is -3.67. The van der Waals surface area contributed by atoms with Crippen molar-refractivity contribution in [2.45, 2.75) is 0 Å². The minimum absolute atomic E-state index is 0.139. The molecule has 0 amide bonds. The van der Waals surface area contributed by atoms with E-state index in [4.69, 9.17) is 30.9 Å². The number of nitrogens with one attached hydrogen (secondary N) is 2. The Morgan fingerprint density at radius 3 is 1.29 bits per heavy atom. The van der Waals surface area contributed by atoms with Crippen molar-refractivity contribution >= 4 is 25.7 Å². The van der Waals surface area contributed by atoms with Crippen LogP contribution < -0.4 is 0 Å². The molecule has 6 N–H and O–H groups in total. The van der Waals surface area contributed by atoms with E-state index in [-0.39, 0.29) is 10.9 Å². The highest BCUT2D eigenvalue weighted by atomic mass is 16.4. The summed E-state index contributed by atoms with van der Waals surface area (Å²) in [5, 5.41) is 49.8. The SMILES string of the molecule is N=C1C(=N)C(B(O)O)=CC=C1B(O)O. The molecule has 14 heavy (non-hydrogen) atoms. The number of hydrogen-bond donors (Lipinski definition) is 6. The van der Waals surface area contributed by atoms with Gasteiger partial charge in [0.2, 0.25) is 0 Å².